The molecule has 0 saturated heterocycles. The largest absolute Gasteiger partial charge is 0.396 e. The van der Waals surface area contributed by atoms with Crippen LogP contribution in [-0.4, -0.2) is 25.3 Å². The third-order valence-corrected chi connectivity index (χ3v) is 2.46. The Hall–Kier alpha value is -0.610. The number of benzene rings is 1. The lowest BCUT2D eigenvalue weighted by atomic mass is 10.2. The minimum Gasteiger partial charge on any atom is -0.396 e. The van der Waals surface area contributed by atoms with Gasteiger partial charge in [-0.1, -0.05) is 15.9 Å². The Morgan fingerprint density at radius 2 is 2.21 bits per heavy atom. The van der Waals surface area contributed by atoms with E-state index in [9.17, 15) is 4.39 Å². The van der Waals surface area contributed by atoms with Crippen LogP contribution in [0.4, 0.5) is 10.1 Å². The van der Waals surface area contributed by atoms with Crippen LogP contribution >= 0.6 is 15.9 Å². The van der Waals surface area contributed by atoms with Crippen molar-refractivity contribution in [2.24, 2.45) is 0 Å². The summed E-state index contributed by atoms with van der Waals surface area (Å²) in [6.07, 6.45) is 0.641. The lowest BCUT2D eigenvalue weighted by Crippen LogP contribution is -2.20. The third-order valence-electron chi connectivity index (χ3n) is 1.97. The second-order valence-corrected chi connectivity index (χ2v) is 4.01. The first-order valence-corrected chi connectivity index (χ1v) is 5.21. The Balaban J connectivity index is 2.77. The van der Waals surface area contributed by atoms with Gasteiger partial charge in [-0.05, 0) is 24.6 Å². The maximum atomic E-state index is 13.3. The Bertz CT molecular complexity index is 306. The second kappa shape index (κ2) is 5.32. The van der Waals surface area contributed by atoms with E-state index in [-0.39, 0.29) is 12.4 Å². The molecule has 2 nitrogen and oxygen atoms in total. The Morgan fingerprint density at radius 3 is 2.86 bits per heavy atom. The summed E-state index contributed by atoms with van der Waals surface area (Å²) in [5.74, 6) is -0.242. The molecule has 0 saturated carbocycles. The van der Waals surface area contributed by atoms with Gasteiger partial charge in [0.2, 0.25) is 0 Å². The number of hydrogen-bond donors (Lipinski definition) is 1. The van der Waals surface area contributed by atoms with Crippen molar-refractivity contribution >= 4 is 21.6 Å². The lowest BCUT2D eigenvalue weighted by molar-refractivity contribution is 0.290. The van der Waals surface area contributed by atoms with Crippen LogP contribution in [0.2, 0.25) is 0 Å². The molecule has 0 bridgehead atoms. The van der Waals surface area contributed by atoms with Crippen molar-refractivity contribution in [1.29, 1.82) is 0 Å². The molecule has 0 unspecified atom stereocenters. The monoisotopic (exact) mass is 261 g/mol. The summed E-state index contributed by atoms with van der Waals surface area (Å²) in [5.41, 5.74) is 0.549. The predicted octanol–water partition coefficient (Wildman–Crippen LogP) is 2.41. The van der Waals surface area contributed by atoms with Gasteiger partial charge in [0.25, 0.3) is 0 Å². The lowest BCUT2D eigenvalue weighted by Gasteiger charge is -2.19. The quantitative estimate of drug-likeness (QED) is 0.900. The molecule has 0 heterocycles. The second-order valence-electron chi connectivity index (χ2n) is 3.09. The van der Waals surface area contributed by atoms with Crippen molar-refractivity contribution in [3.05, 3.63) is 28.5 Å². The summed E-state index contributed by atoms with van der Waals surface area (Å²) in [4.78, 5) is 1.79. The number of anilines is 1. The highest BCUT2D eigenvalue weighted by molar-refractivity contribution is 9.10. The highest BCUT2D eigenvalue weighted by Gasteiger charge is 2.07. The number of rotatable bonds is 4. The number of aliphatic hydroxyl groups excluding tert-OH is 1. The zero-order chi connectivity index (χ0) is 10.6. The van der Waals surface area contributed by atoms with Crippen LogP contribution in [0.15, 0.2) is 22.7 Å². The van der Waals surface area contributed by atoms with E-state index in [1.54, 1.807) is 24.1 Å². The first-order chi connectivity index (χ1) is 6.65. The summed E-state index contributed by atoms with van der Waals surface area (Å²) >= 11 is 3.29. The zero-order valence-corrected chi connectivity index (χ0v) is 9.59. The van der Waals surface area contributed by atoms with Gasteiger partial charge in [0, 0.05) is 24.7 Å². The van der Waals surface area contributed by atoms with E-state index in [2.05, 4.69) is 15.9 Å². The Labute approximate surface area is 91.5 Å². The van der Waals surface area contributed by atoms with E-state index < -0.39 is 0 Å². The van der Waals surface area contributed by atoms with E-state index in [1.165, 1.54) is 6.07 Å². The molecule has 1 rings (SSSR count). The van der Waals surface area contributed by atoms with Crippen LogP contribution in [0.5, 0.6) is 0 Å². The molecule has 0 atom stereocenters. The van der Waals surface area contributed by atoms with Crippen LogP contribution in [-0.2, 0) is 0 Å². The van der Waals surface area contributed by atoms with Gasteiger partial charge < -0.3 is 10.0 Å². The first-order valence-electron chi connectivity index (χ1n) is 4.42. The van der Waals surface area contributed by atoms with E-state index in [4.69, 9.17) is 5.11 Å². The Morgan fingerprint density at radius 1 is 1.50 bits per heavy atom. The maximum Gasteiger partial charge on any atom is 0.146 e. The minimum atomic E-state index is -0.242. The molecule has 0 aromatic heterocycles. The fourth-order valence-electron chi connectivity index (χ4n) is 1.21. The van der Waals surface area contributed by atoms with Gasteiger partial charge in [0.1, 0.15) is 5.82 Å². The number of hydrogen-bond acceptors (Lipinski definition) is 2. The van der Waals surface area contributed by atoms with Crippen LogP contribution < -0.4 is 4.90 Å². The average Bonchev–Trinajstić information content (AvgIpc) is 2.18. The van der Waals surface area contributed by atoms with Crippen molar-refractivity contribution < 1.29 is 9.50 Å². The molecule has 1 aromatic carbocycles. The normalized spacial score (nSPS) is 10.3. The minimum absolute atomic E-state index is 0.125. The topological polar surface area (TPSA) is 23.5 Å². The summed E-state index contributed by atoms with van der Waals surface area (Å²) < 4.78 is 14.2. The van der Waals surface area contributed by atoms with E-state index in [1.807, 2.05) is 0 Å². The summed E-state index contributed by atoms with van der Waals surface area (Å²) in [7, 11) is 1.81. The predicted molar refractivity (Wildman–Crippen MR) is 59.1 cm³/mol. The average molecular weight is 262 g/mol. The number of aliphatic hydroxyl groups is 1. The van der Waals surface area contributed by atoms with Gasteiger partial charge in [-0.25, -0.2) is 4.39 Å². The van der Waals surface area contributed by atoms with Crippen molar-refractivity contribution in [1.82, 2.24) is 0 Å². The standard InChI is InChI=1S/C10H13BrFNO/c1-13(5-2-6-14)10-7-8(11)3-4-9(10)12/h3-4,7,14H,2,5-6H2,1H3. The molecule has 0 aliphatic heterocycles. The van der Waals surface area contributed by atoms with Crippen molar-refractivity contribution in [2.75, 3.05) is 25.1 Å². The van der Waals surface area contributed by atoms with Gasteiger partial charge in [-0.3, -0.25) is 0 Å². The summed E-state index contributed by atoms with van der Waals surface area (Å²) in [6, 6.07) is 4.82. The van der Waals surface area contributed by atoms with E-state index in [0.717, 1.165) is 4.47 Å². The van der Waals surface area contributed by atoms with Gasteiger partial charge in [-0.15, -0.1) is 0 Å². The van der Waals surface area contributed by atoms with E-state index >= 15 is 0 Å². The molecular formula is C10H13BrFNO. The molecule has 0 aliphatic rings. The van der Waals surface area contributed by atoms with E-state index in [0.29, 0.717) is 18.7 Å². The number of nitrogens with zero attached hydrogens (tertiary/aromatic N) is 1. The molecule has 0 spiro atoms. The SMILES string of the molecule is CN(CCCO)c1cc(Br)ccc1F. The smallest absolute Gasteiger partial charge is 0.146 e. The first kappa shape index (κ1) is 11.5. The van der Waals surface area contributed by atoms with Crippen molar-refractivity contribution in [3.63, 3.8) is 0 Å². The molecule has 78 valence electrons. The van der Waals surface area contributed by atoms with Gasteiger partial charge in [0.05, 0.1) is 5.69 Å². The van der Waals surface area contributed by atoms with Gasteiger partial charge in [-0.2, -0.15) is 0 Å². The van der Waals surface area contributed by atoms with Crippen LogP contribution in [0.25, 0.3) is 0 Å². The Kier molecular flexibility index (Phi) is 4.35. The highest BCUT2D eigenvalue weighted by atomic mass is 79.9. The maximum absolute atomic E-state index is 13.3. The molecule has 0 aliphatic carbocycles. The molecule has 4 heteroatoms. The molecule has 1 aromatic rings. The van der Waals surface area contributed by atoms with Crippen LogP contribution in [0, 0.1) is 5.82 Å². The number of halogens is 2. The third kappa shape index (κ3) is 2.96. The molecule has 0 fully saturated rings. The molecule has 0 radical (unpaired) electrons. The molecular weight excluding hydrogens is 249 g/mol. The van der Waals surface area contributed by atoms with Gasteiger partial charge >= 0.3 is 0 Å². The molecule has 14 heavy (non-hydrogen) atoms. The van der Waals surface area contributed by atoms with Gasteiger partial charge in [0.15, 0.2) is 0 Å². The van der Waals surface area contributed by atoms with Crippen LogP contribution in [0.3, 0.4) is 0 Å². The van der Waals surface area contributed by atoms with Crippen molar-refractivity contribution in [3.8, 4) is 0 Å². The summed E-state index contributed by atoms with van der Waals surface area (Å²) in [6.45, 7) is 0.768. The fraction of sp³-hybridized carbons (Fsp3) is 0.400. The fourth-order valence-corrected chi connectivity index (χ4v) is 1.56. The van der Waals surface area contributed by atoms with Crippen LogP contribution in [0.1, 0.15) is 6.42 Å². The summed E-state index contributed by atoms with van der Waals surface area (Å²) in [5, 5.41) is 8.66. The highest BCUT2D eigenvalue weighted by Crippen LogP contribution is 2.22. The molecule has 0 amide bonds. The molecule has 1 N–H and O–H groups in total. The zero-order valence-electron chi connectivity index (χ0n) is 8.00. The van der Waals surface area contributed by atoms with Crippen molar-refractivity contribution in [2.45, 2.75) is 6.42 Å².